The molecule has 1 aromatic rings. The van der Waals surface area contributed by atoms with Crippen molar-refractivity contribution < 1.29 is 0 Å². The van der Waals surface area contributed by atoms with Gasteiger partial charge < -0.3 is 5.73 Å². The van der Waals surface area contributed by atoms with E-state index in [1.807, 2.05) is 6.20 Å². The molecule has 0 amide bonds. The molecule has 0 aromatic carbocycles. The van der Waals surface area contributed by atoms with Crippen LogP contribution in [-0.2, 0) is 13.0 Å². The smallest absolute Gasteiger partial charge is 0.0454 e. The molecular weight excluding hydrogens is 156 g/mol. The van der Waals surface area contributed by atoms with Crippen LogP contribution in [0.15, 0.2) is 6.20 Å². The molecule has 0 aliphatic carbocycles. The van der Waals surface area contributed by atoms with Crippen molar-refractivity contribution in [2.24, 2.45) is 11.7 Å². The first-order chi connectivity index (χ1) is 5.24. The van der Waals surface area contributed by atoms with Gasteiger partial charge in [-0.2, -0.15) is 0 Å². The zero-order chi connectivity index (χ0) is 8.27. The van der Waals surface area contributed by atoms with Crippen molar-refractivity contribution in [1.29, 1.82) is 0 Å². The Labute approximate surface area is 71.6 Å². The Morgan fingerprint density at radius 3 is 2.91 bits per heavy atom. The molecule has 0 radical (unpaired) electrons. The number of hydrogen-bond donors (Lipinski definition) is 1. The molecule has 0 saturated carbocycles. The molecule has 0 aliphatic rings. The van der Waals surface area contributed by atoms with E-state index in [9.17, 15) is 0 Å². The van der Waals surface area contributed by atoms with Crippen molar-refractivity contribution in [3.8, 4) is 0 Å². The molecule has 0 saturated heterocycles. The van der Waals surface area contributed by atoms with E-state index in [4.69, 9.17) is 5.73 Å². The van der Waals surface area contributed by atoms with Crippen LogP contribution in [0, 0.1) is 5.92 Å². The third-order valence-electron chi connectivity index (χ3n) is 1.54. The van der Waals surface area contributed by atoms with Gasteiger partial charge in [0.15, 0.2) is 0 Å². The van der Waals surface area contributed by atoms with Gasteiger partial charge in [-0.3, -0.25) is 0 Å². The van der Waals surface area contributed by atoms with E-state index in [1.54, 1.807) is 11.5 Å². The van der Waals surface area contributed by atoms with Gasteiger partial charge in [0.1, 0.15) is 0 Å². The summed E-state index contributed by atoms with van der Waals surface area (Å²) < 4.78 is 4.11. The fourth-order valence-corrected chi connectivity index (χ4v) is 1.96. The largest absolute Gasteiger partial charge is 0.326 e. The minimum Gasteiger partial charge on any atom is -0.326 e. The number of rotatable bonds is 3. The minimum atomic E-state index is 0.624. The molecule has 2 N–H and O–H groups in total. The Hall–Kier alpha value is -0.410. The lowest BCUT2D eigenvalue weighted by molar-refractivity contribution is 0.650. The zero-order valence-corrected chi connectivity index (χ0v) is 7.82. The molecule has 0 aliphatic heterocycles. The normalized spacial score (nSPS) is 10.9. The lowest BCUT2D eigenvalue weighted by atomic mass is 10.1. The fraction of sp³-hybridized carbons (Fsp3) is 0.625. The fourth-order valence-electron chi connectivity index (χ4n) is 0.990. The summed E-state index contributed by atoms with van der Waals surface area (Å²) in [4.78, 5) is 1.35. The summed E-state index contributed by atoms with van der Waals surface area (Å²) >= 11 is 1.57. The van der Waals surface area contributed by atoms with Crippen molar-refractivity contribution in [3.05, 3.63) is 16.6 Å². The summed E-state index contributed by atoms with van der Waals surface area (Å²) in [6, 6.07) is 0. The average molecular weight is 170 g/mol. The van der Waals surface area contributed by atoms with Crippen LogP contribution in [0.25, 0.3) is 0 Å². The number of hydrogen-bond acceptors (Lipinski definition) is 3. The van der Waals surface area contributed by atoms with Crippen LogP contribution in [0.4, 0.5) is 0 Å². The van der Waals surface area contributed by atoms with Crippen LogP contribution in [0.3, 0.4) is 0 Å². The Balaban J connectivity index is 2.68. The van der Waals surface area contributed by atoms with Gasteiger partial charge in [-0.15, -0.1) is 0 Å². The minimum absolute atomic E-state index is 0.624. The highest BCUT2D eigenvalue weighted by Crippen LogP contribution is 2.16. The van der Waals surface area contributed by atoms with E-state index < -0.39 is 0 Å². The van der Waals surface area contributed by atoms with Crippen molar-refractivity contribution in [1.82, 2.24) is 4.37 Å². The van der Waals surface area contributed by atoms with Gasteiger partial charge in [0.2, 0.25) is 0 Å². The maximum Gasteiger partial charge on any atom is 0.0454 e. The van der Waals surface area contributed by atoms with Crippen LogP contribution in [0.1, 0.15) is 24.3 Å². The Morgan fingerprint density at radius 1 is 1.64 bits per heavy atom. The van der Waals surface area contributed by atoms with Crippen molar-refractivity contribution >= 4 is 11.5 Å². The summed E-state index contributed by atoms with van der Waals surface area (Å²) in [5.41, 5.74) is 6.75. The maximum absolute atomic E-state index is 5.54. The second-order valence-corrected chi connectivity index (χ2v) is 3.96. The molecule has 2 nitrogen and oxygen atoms in total. The van der Waals surface area contributed by atoms with E-state index in [0.717, 1.165) is 6.42 Å². The molecular formula is C8H14N2S. The van der Waals surface area contributed by atoms with Crippen molar-refractivity contribution in [2.75, 3.05) is 0 Å². The molecule has 0 spiro atoms. The van der Waals surface area contributed by atoms with Gasteiger partial charge >= 0.3 is 0 Å². The number of aromatic nitrogens is 1. The molecule has 3 heteroatoms. The monoisotopic (exact) mass is 170 g/mol. The predicted molar refractivity (Wildman–Crippen MR) is 48.5 cm³/mol. The highest BCUT2D eigenvalue weighted by molar-refractivity contribution is 7.05. The van der Waals surface area contributed by atoms with Crippen LogP contribution in [-0.4, -0.2) is 4.37 Å². The lowest BCUT2D eigenvalue weighted by Crippen LogP contribution is -2.00. The first-order valence-corrected chi connectivity index (χ1v) is 4.64. The van der Waals surface area contributed by atoms with Gasteiger partial charge in [-0.05, 0) is 29.4 Å². The standard InChI is InChI=1S/C8H14N2S/c1-6(2)3-8-7(4-9)5-10-11-8/h5-6H,3-4,9H2,1-2H3. The third-order valence-corrected chi connectivity index (χ3v) is 2.40. The third kappa shape index (κ3) is 2.27. The zero-order valence-electron chi connectivity index (χ0n) is 7.00. The van der Waals surface area contributed by atoms with E-state index in [0.29, 0.717) is 12.5 Å². The topological polar surface area (TPSA) is 38.9 Å². The molecule has 1 aromatic heterocycles. The van der Waals surface area contributed by atoms with Crippen LogP contribution >= 0.6 is 11.5 Å². The van der Waals surface area contributed by atoms with Gasteiger partial charge in [0.25, 0.3) is 0 Å². The SMILES string of the molecule is CC(C)Cc1sncc1CN. The summed E-state index contributed by atoms with van der Waals surface area (Å²) in [6.07, 6.45) is 2.99. The van der Waals surface area contributed by atoms with Gasteiger partial charge in [0.05, 0.1) is 0 Å². The van der Waals surface area contributed by atoms with Crippen LogP contribution in [0.2, 0.25) is 0 Å². The molecule has 62 valence electrons. The van der Waals surface area contributed by atoms with Crippen LogP contribution < -0.4 is 5.73 Å². The maximum atomic E-state index is 5.54. The van der Waals surface area contributed by atoms with Gasteiger partial charge in [0, 0.05) is 17.6 Å². The summed E-state index contributed by atoms with van der Waals surface area (Å²) in [5.74, 6) is 0.695. The summed E-state index contributed by atoms with van der Waals surface area (Å²) in [6.45, 7) is 5.04. The first kappa shape index (κ1) is 8.68. The number of nitrogens with zero attached hydrogens (tertiary/aromatic N) is 1. The van der Waals surface area contributed by atoms with E-state index in [-0.39, 0.29) is 0 Å². The summed E-state index contributed by atoms with van der Waals surface area (Å²) in [5, 5.41) is 0. The molecule has 11 heavy (non-hydrogen) atoms. The predicted octanol–water partition coefficient (Wildman–Crippen LogP) is 1.80. The van der Waals surface area contributed by atoms with Crippen LogP contribution in [0.5, 0.6) is 0 Å². The van der Waals surface area contributed by atoms with Crippen molar-refractivity contribution in [3.63, 3.8) is 0 Å². The number of nitrogens with two attached hydrogens (primary N) is 1. The molecule has 0 fully saturated rings. The first-order valence-electron chi connectivity index (χ1n) is 3.86. The molecule has 0 unspecified atom stereocenters. The van der Waals surface area contributed by atoms with E-state index in [2.05, 4.69) is 18.2 Å². The Morgan fingerprint density at radius 2 is 2.36 bits per heavy atom. The summed E-state index contributed by atoms with van der Waals surface area (Å²) in [7, 11) is 0. The average Bonchev–Trinajstić information content (AvgIpc) is 2.34. The van der Waals surface area contributed by atoms with E-state index in [1.165, 1.54) is 10.4 Å². The lowest BCUT2D eigenvalue weighted by Gasteiger charge is -2.02. The second kappa shape index (κ2) is 3.83. The Bertz CT molecular complexity index is 218. The second-order valence-electron chi connectivity index (χ2n) is 3.08. The molecule has 0 bridgehead atoms. The van der Waals surface area contributed by atoms with Gasteiger partial charge in [-0.25, -0.2) is 4.37 Å². The van der Waals surface area contributed by atoms with E-state index >= 15 is 0 Å². The quantitative estimate of drug-likeness (QED) is 0.751. The molecule has 1 heterocycles. The molecule has 1 rings (SSSR count). The highest BCUT2D eigenvalue weighted by Gasteiger charge is 2.05. The highest BCUT2D eigenvalue weighted by atomic mass is 32.1. The van der Waals surface area contributed by atoms with Gasteiger partial charge in [-0.1, -0.05) is 13.8 Å². The molecule has 0 atom stereocenters. The van der Waals surface area contributed by atoms with Crippen molar-refractivity contribution in [2.45, 2.75) is 26.8 Å². The Kier molecular flexibility index (Phi) is 3.02.